The fraction of sp³-hybridized carbons (Fsp3) is 0.762. The number of aliphatic imine (C=N–C) groups is 1. The molecule has 150 valence electrons. The number of hydrogen-bond donors (Lipinski definition) is 1. The smallest absolute Gasteiger partial charge is 0.193 e. The summed E-state index contributed by atoms with van der Waals surface area (Å²) in [6, 6.07) is 4.91. The van der Waals surface area contributed by atoms with Crippen molar-refractivity contribution >= 4 is 17.3 Å². The molecule has 0 saturated carbocycles. The van der Waals surface area contributed by atoms with Crippen molar-refractivity contribution < 1.29 is 4.74 Å². The number of nitrogens with one attached hydrogen (secondary N) is 1. The van der Waals surface area contributed by atoms with Gasteiger partial charge < -0.3 is 15.0 Å². The van der Waals surface area contributed by atoms with Gasteiger partial charge in [-0.1, -0.05) is 13.0 Å². The molecule has 27 heavy (non-hydrogen) atoms. The molecule has 0 amide bonds. The second kappa shape index (κ2) is 8.50. The fourth-order valence-electron chi connectivity index (χ4n) is 4.84. The minimum atomic E-state index is 0.369. The van der Waals surface area contributed by atoms with E-state index in [2.05, 4.69) is 44.5 Å². The van der Waals surface area contributed by atoms with E-state index in [1.54, 1.807) is 0 Å². The molecule has 0 radical (unpaired) electrons. The topological polar surface area (TPSA) is 40.1 Å². The Bertz CT molecular complexity index is 618. The van der Waals surface area contributed by atoms with Gasteiger partial charge in [0.15, 0.2) is 5.96 Å². The molecule has 2 unspecified atom stereocenters. The van der Waals surface area contributed by atoms with Crippen LogP contribution in [-0.2, 0) is 4.74 Å². The maximum absolute atomic E-state index is 5.69. The third-order valence-electron chi connectivity index (χ3n) is 6.72. The Labute approximate surface area is 167 Å². The van der Waals surface area contributed by atoms with Crippen molar-refractivity contribution in [3.63, 3.8) is 0 Å². The lowest BCUT2D eigenvalue weighted by Gasteiger charge is -2.37. The zero-order valence-electron chi connectivity index (χ0n) is 16.8. The van der Waals surface area contributed by atoms with Crippen molar-refractivity contribution in [2.24, 2.45) is 16.3 Å². The van der Waals surface area contributed by atoms with Crippen LogP contribution >= 0.6 is 11.3 Å². The highest BCUT2D eigenvalue weighted by atomic mass is 32.1. The van der Waals surface area contributed by atoms with Crippen LogP contribution in [0.4, 0.5) is 0 Å². The first kappa shape index (κ1) is 19.2. The average molecular weight is 391 g/mol. The van der Waals surface area contributed by atoms with Gasteiger partial charge in [-0.3, -0.25) is 9.89 Å². The molecule has 1 aromatic rings. The van der Waals surface area contributed by atoms with Gasteiger partial charge in [0.2, 0.25) is 0 Å². The van der Waals surface area contributed by atoms with E-state index in [1.165, 1.54) is 43.6 Å². The summed E-state index contributed by atoms with van der Waals surface area (Å²) in [6.45, 7) is 9.74. The van der Waals surface area contributed by atoms with Crippen LogP contribution in [0.15, 0.2) is 22.5 Å². The first-order valence-corrected chi connectivity index (χ1v) is 11.4. The Kier molecular flexibility index (Phi) is 6.05. The number of likely N-dealkylation sites (tertiary alicyclic amines) is 2. The van der Waals surface area contributed by atoms with Crippen molar-refractivity contribution in [2.45, 2.75) is 38.6 Å². The quantitative estimate of drug-likeness (QED) is 0.633. The first-order chi connectivity index (χ1) is 13.2. The summed E-state index contributed by atoms with van der Waals surface area (Å²) in [4.78, 5) is 11.2. The Morgan fingerprint density at radius 3 is 2.89 bits per heavy atom. The summed E-state index contributed by atoms with van der Waals surface area (Å²) in [6.07, 6.45) is 5.05. The Morgan fingerprint density at radius 2 is 2.22 bits per heavy atom. The lowest BCUT2D eigenvalue weighted by molar-refractivity contribution is 0.139. The van der Waals surface area contributed by atoms with E-state index in [1.807, 2.05) is 18.4 Å². The van der Waals surface area contributed by atoms with Crippen LogP contribution in [0.1, 0.15) is 43.5 Å². The molecule has 4 heterocycles. The molecule has 0 aliphatic carbocycles. The molecule has 3 fully saturated rings. The van der Waals surface area contributed by atoms with Gasteiger partial charge >= 0.3 is 0 Å². The average Bonchev–Trinajstić information content (AvgIpc) is 3.44. The van der Waals surface area contributed by atoms with Crippen molar-refractivity contribution in [2.75, 3.05) is 53.0 Å². The lowest BCUT2D eigenvalue weighted by Crippen LogP contribution is -2.46. The van der Waals surface area contributed by atoms with Gasteiger partial charge in [0.25, 0.3) is 0 Å². The van der Waals surface area contributed by atoms with E-state index in [0.717, 1.165) is 44.7 Å². The summed E-state index contributed by atoms with van der Waals surface area (Å²) in [7, 11) is 1.92. The van der Waals surface area contributed by atoms with Crippen molar-refractivity contribution in [1.82, 2.24) is 15.1 Å². The number of nitrogens with zero attached hydrogens (tertiary/aromatic N) is 3. The lowest BCUT2D eigenvalue weighted by atomic mass is 9.87. The molecule has 1 aromatic heterocycles. The van der Waals surface area contributed by atoms with Gasteiger partial charge in [0.1, 0.15) is 0 Å². The zero-order chi connectivity index (χ0) is 18.7. The van der Waals surface area contributed by atoms with Crippen LogP contribution < -0.4 is 5.32 Å². The van der Waals surface area contributed by atoms with Gasteiger partial charge in [0.05, 0.1) is 12.6 Å². The maximum Gasteiger partial charge on any atom is 0.193 e. The molecule has 5 nitrogen and oxygen atoms in total. The molecular weight excluding hydrogens is 356 g/mol. The molecule has 0 aromatic carbocycles. The monoisotopic (exact) mass is 390 g/mol. The highest BCUT2D eigenvalue weighted by molar-refractivity contribution is 7.10. The Balaban J connectivity index is 1.39. The van der Waals surface area contributed by atoms with Gasteiger partial charge in [0, 0.05) is 43.6 Å². The van der Waals surface area contributed by atoms with Crippen LogP contribution in [0.2, 0.25) is 0 Å². The van der Waals surface area contributed by atoms with Crippen molar-refractivity contribution in [3.8, 4) is 0 Å². The van der Waals surface area contributed by atoms with Gasteiger partial charge in [-0.2, -0.15) is 0 Å². The minimum absolute atomic E-state index is 0.369. The van der Waals surface area contributed by atoms with E-state index in [-0.39, 0.29) is 0 Å². The third kappa shape index (κ3) is 4.33. The summed E-state index contributed by atoms with van der Waals surface area (Å²) in [5.41, 5.74) is 0.369. The van der Waals surface area contributed by atoms with Crippen LogP contribution in [0, 0.1) is 11.3 Å². The van der Waals surface area contributed by atoms with Crippen LogP contribution in [0.3, 0.4) is 0 Å². The third-order valence-corrected chi connectivity index (χ3v) is 7.69. The molecular formula is C21H34N4OS. The van der Waals surface area contributed by atoms with Gasteiger partial charge in [-0.25, -0.2) is 0 Å². The second-order valence-electron chi connectivity index (χ2n) is 8.65. The largest absolute Gasteiger partial charge is 0.381 e. The summed E-state index contributed by atoms with van der Waals surface area (Å²) in [5, 5.41) is 5.92. The highest BCUT2D eigenvalue weighted by Gasteiger charge is 2.42. The summed E-state index contributed by atoms with van der Waals surface area (Å²) in [5.74, 6) is 1.92. The van der Waals surface area contributed by atoms with Crippen molar-refractivity contribution in [1.29, 1.82) is 0 Å². The standard InChI is InChI=1S/C21H34N4OS/c1-17-5-9-24(10-6-17)18(19-4-3-13-27-19)14-23-20(22-2)25-11-7-21(15-25)8-12-26-16-21/h3-4,13,17-18H,5-12,14-16H2,1-2H3,(H,22,23). The van der Waals surface area contributed by atoms with E-state index in [9.17, 15) is 0 Å². The molecule has 1 spiro atoms. The number of guanidine groups is 1. The first-order valence-electron chi connectivity index (χ1n) is 10.5. The predicted octanol–water partition coefficient (Wildman–Crippen LogP) is 3.21. The fourth-order valence-corrected chi connectivity index (χ4v) is 5.70. The number of piperidine rings is 1. The molecule has 0 bridgehead atoms. The number of rotatable bonds is 4. The molecule has 4 rings (SSSR count). The summed E-state index contributed by atoms with van der Waals surface area (Å²) < 4.78 is 5.69. The predicted molar refractivity (Wildman–Crippen MR) is 112 cm³/mol. The van der Waals surface area contributed by atoms with Crippen LogP contribution in [0.25, 0.3) is 0 Å². The normalized spacial score (nSPS) is 29.0. The zero-order valence-corrected chi connectivity index (χ0v) is 17.6. The molecule has 1 N–H and O–H groups in total. The number of ether oxygens (including phenoxy) is 1. The molecule has 3 aliphatic rings. The minimum Gasteiger partial charge on any atom is -0.381 e. The van der Waals surface area contributed by atoms with Gasteiger partial charge in [-0.15, -0.1) is 11.3 Å². The molecule has 3 saturated heterocycles. The molecule has 3 aliphatic heterocycles. The molecule has 6 heteroatoms. The van der Waals surface area contributed by atoms with E-state index < -0.39 is 0 Å². The Morgan fingerprint density at radius 1 is 1.37 bits per heavy atom. The second-order valence-corrected chi connectivity index (χ2v) is 9.63. The maximum atomic E-state index is 5.69. The highest BCUT2D eigenvalue weighted by Crippen LogP contribution is 2.38. The van der Waals surface area contributed by atoms with E-state index in [4.69, 9.17) is 4.74 Å². The molecule has 2 atom stereocenters. The van der Waals surface area contributed by atoms with Crippen molar-refractivity contribution in [3.05, 3.63) is 22.4 Å². The van der Waals surface area contributed by atoms with Gasteiger partial charge in [-0.05, 0) is 56.1 Å². The number of hydrogen-bond acceptors (Lipinski definition) is 4. The number of thiophene rings is 1. The van der Waals surface area contributed by atoms with E-state index in [0.29, 0.717) is 11.5 Å². The van der Waals surface area contributed by atoms with Crippen LogP contribution in [-0.4, -0.2) is 68.7 Å². The Hall–Kier alpha value is -1.11. The SMILES string of the molecule is CN=C(NCC(c1cccs1)N1CCC(C)CC1)N1CCC2(CCOC2)C1. The summed E-state index contributed by atoms with van der Waals surface area (Å²) >= 11 is 1.88. The van der Waals surface area contributed by atoms with E-state index >= 15 is 0 Å². The van der Waals surface area contributed by atoms with Crippen LogP contribution in [0.5, 0.6) is 0 Å².